The molecular weight excluding hydrogens is 376 g/mol. The van der Waals surface area contributed by atoms with Crippen LogP contribution in [0.3, 0.4) is 0 Å². The minimum absolute atomic E-state index is 0.497. The summed E-state index contributed by atoms with van der Waals surface area (Å²) in [4.78, 5) is 7.70. The molecule has 5 nitrogen and oxygen atoms in total. The summed E-state index contributed by atoms with van der Waals surface area (Å²) in [6.07, 6.45) is 3.82. The Morgan fingerprint density at radius 2 is 1.96 bits per heavy atom. The molecule has 0 bridgehead atoms. The quantitative estimate of drug-likeness (QED) is 0.396. The molecule has 0 saturated carbocycles. The zero-order valence-electron chi connectivity index (χ0n) is 14.4. The van der Waals surface area contributed by atoms with E-state index in [1.165, 1.54) is 0 Å². The SMILES string of the molecule is Cc1nn(-c2ccccc2)c2sc(-c3noc(C=Cc4cccs4)n3)cc12. The van der Waals surface area contributed by atoms with Crippen LogP contribution < -0.4 is 0 Å². The summed E-state index contributed by atoms with van der Waals surface area (Å²) < 4.78 is 7.34. The average molecular weight is 390 g/mol. The Morgan fingerprint density at radius 3 is 2.78 bits per heavy atom. The third-order valence-corrected chi connectivity index (χ3v) is 6.08. The molecule has 0 amide bonds. The van der Waals surface area contributed by atoms with Gasteiger partial charge in [-0.25, -0.2) is 4.68 Å². The first kappa shape index (κ1) is 16.2. The number of aryl methyl sites for hydroxylation is 1. The smallest absolute Gasteiger partial charge is 0.251 e. The van der Waals surface area contributed by atoms with E-state index in [0.717, 1.165) is 31.4 Å². The molecule has 0 aliphatic rings. The van der Waals surface area contributed by atoms with Crippen LogP contribution in [0.15, 0.2) is 58.4 Å². The number of hydrogen-bond donors (Lipinski definition) is 0. The highest BCUT2D eigenvalue weighted by Gasteiger charge is 2.17. The molecule has 0 spiro atoms. The maximum Gasteiger partial charge on any atom is 0.251 e. The minimum atomic E-state index is 0.497. The van der Waals surface area contributed by atoms with Gasteiger partial charge in [0.15, 0.2) is 0 Å². The van der Waals surface area contributed by atoms with Crippen LogP contribution in [-0.2, 0) is 0 Å². The minimum Gasteiger partial charge on any atom is -0.334 e. The summed E-state index contributed by atoms with van der Waals surface area (Å²) in [5.41, 5.74) is 2.02. The Morgan fingerprint density at radius 1 is 1.07 bits per heavy atom. The van der Waals surface area contributed by atoms with Gasteiger partial charge in [0.25, 0.3) is 5.89 Å². The van der Waals surface area contributed by atoms with Crippen molar-refractivity contribution < 1.29 is 4.52 Å². The Labute approximate surface area is 163 Å². The molecule has 0 atom stereocenters. The highest BCUT2D eigenvalue weighted by atomic mass is 32.1. The molecular formula is C20H14N4OS2. The Bertz CT molecular complexity index is 1230. The molecule has 0 N–H and O–H groups in total. The average Bonchev–Trinajstić information content (AvgIpc) is 3.47. The van der Waals surface area contributed by atoms with Gasteiger partial charge in [-0.05, 0) is 42.6 Å². The van der Waals surface area contributed by atoms with Crippen molar-refractivity contribution in [3.63, 3.8) is 0 Å². The number of nitrogens with zero attached hydrogens (tertiary/aromatic N) is 4. The Kier molecular flexibility index (Phi) is 3.95. The second kappa shape index (κ2) is 6.61. The summed E-state index contributed by atoms with van der Waals surface area (Å²) in [7, 11) is 0. The molecule has 132 valence electrons. The Hall–Kier alpha value is -3.03. The number of aromatic nitrogens is 4. The van der Waals surface area contributed by atoms with Crippen LogP contribution >= 0.6 is 22.7 Å². The zero-order chi connectivity index (χ0) is 18.2. The summed E-state index contributed by atoms with van der Waals surface area (Å²) >= 11 is 3.28. The molecule has 5 aromatic rings. The van der Waals surface area contributed by atoms with E-state index in [-0.39, 0.29) is 0 Å². The summed E-state index contributed by atoms with van der Waals surface area (Å²) in [5.74, 6) is 1.10. The lowest BCUT2D eigenvalue weighted by Crippen LogP contribution is -1.94. The summed E-state index contributed by atoms with van der Waals surface area (Å²) in [5, 5.41) is 12.0. The van der Waals surface area contributed by atoms with E-state index in [1.54, 1.807) is 22.7 Å². The standard InChI is InChI=1S/C20H14N4OS2/c1-13-16-12-17(27-20(16)24(22-13)14-6-3-2-4-7-14)19-21-18(25-23-19)10-9-15-8-5-11-26-15/h2-12H,1H3. The van der Waals surface area contributed by atoms with Crippen molar-refractivity contribution in [2.75, 3.05) is 0 Å². The topological polar surface area (TPSA) is 56.7 Å². The van der Waals surface area contributed by atoms with Crippen molar-refractivity contribution in [3.8, 4) is 16.4 Å². The third kappa shape index (κ3) is 3.01. The van der Waals surface area contributed by atoms with E-state index in [1.807, 2.05) is 71.6 Å². The van der Waals surface area contributed by atoms with Crippen LogP contribution in [0.2, 0.25) is 0 Å². The second-order valence-corrected chi connectivity index (χ2v) is 7.98. The number of hydrogen-bond acceptors (Lipinski definition) is 6. The maximum absolute atomic E-state index is 5.38. The molecule has 1 aromatic carbocycles. The van der Waals surface area contributed by atoms with Crippen LogP contribution in [0.1, 0.15) is 16.5 Å². The predicted molar refractivity (Wildman–Crippen MR) is 110 cm³/mol. The lowest BCUT2D eigenvalue weighted by Gasteiger charge is -2.00. The van der Waals surface area contributed by atoms with E-state index in [2.05, 4.69) is 21.3 Å². The largest absolute Gasteiger partial charge is 0.334 e. The molecule has 0 aliphatic heterocycles. The molecule has 0 fully saturated rings. The summed E-state index contributed by atoms with van der Waals surface area (Å²) in [6, 6.07) is 16.3. The number of fused-ring (bicyclic) bond motifs is 1. The highest BCUT2D eigenvalue weighted by Crippen LogP contribution is 2.35. The van der Waals surface area contributed by atoms with Crippen molar-refractivity contribution in [1.29, 1.82) is 0 Å². The van der Waals surface area contributed by atoms with Crippen LogP contribution in [0.4, 0.5) is 0 Å². The molecule has 4 aromatic heterocycles. The fourth-order valence-corrected chi connectivity index (χ4v) is 4.57. The first-order chi connectivity index (χ1) is 13.3. The van der Waals surface area contributed by atoms with Gasteiger partial charge in [-0.3, -0.25) is 0 Å². The molecule has 0 aliphatic carbocycles. The van der Waals surface area contributed by atoms with Crippen molar-refractivity contribution in [3.05, 3.63) is 70.4 Å². The lowest BCUT2D eigenvalue weighted by atomic mass is 10.3. The van der Waals surface area contributed by atoms with Crippen molar-refractivity contribution >= 4 is 45.0 Å². The molecule has 5 rings (SSSR count). The normalized spacial score (nSPS) is 11.7. The van der Waals surface area contributed by atoms with Crippen LogP contribution in [0.5, 0.6) is 0 Å². The van der Waals surface area contributed by atoms with Crippen LogP contribution in [0, 0.1) is 6.92 Å². The monoisotopic (exact) mass is 390 g/mol. The van der Waals surface area contributed by atoms with Gasteiger partial charge in [-0.15, -0.1) is 22.7 Å². The van der Waals surface area contributed by atoms with Gasteiger partial charge in [0.2, 0.25) is 5.82 Å². The first-order valence-electron chi connectivity index (χ1n) is 8.38. The van der Waals surface area contributed by atoms with Gasteiger partial charge in [0, 0.05) is 16.3 Å². The fraction of sp³-hybridized carbons (Fsp3) is 0.0500. The molecule has 0 radical (unpaired) electrons. The van der Waals surface area contributed by atoms with E-state index in [9.17, 15) is 0 Å². The first-order valence-corrected chi connectivity index (χ1v) is 10.1. The highest BCUT2D eigenvalue weighted by molar-refractivity contribution is 7.21. The Balaban J connectivity index is 1.51. The van der Waals surface area contributed by atoms with Gasteiger partial charge in [-0.2, -0.15) is 10.1 Å². The molecule has 0 unspecified atom stereocenters. The van der Waals surface area contributed by atoms with Gasteiger partial charge < -0.3 is 4.52 Å². The maximum atomic E-state index is 5.38. The van der Waals surface area contributed by atoms with Crippen LogP contribution in [0.25, 0.3) is 38.8 Å². The van der Waals surface area contributed by atoms with E-state index < -0.39 is 0 Å². The number of para-hydroxylation sites is 1. The van der Waals surface area contributed by atoms with Crippen molar-refractivity contribution in [2.45, 2.75) is 6.92 Å². The molecule has 4 heterocycles. The van der Waals surface area contributed by atoms with E-state index in [4.69, 9.17) is 4.52 Å². The number of benzene rings is 1. The summed E-state index contributed by atoms with van der Waals surface area (Å²) in [6.45, 7) is 2.02. The zero-order valence-corrected chi connectivity index (χ0v) is 16.0. The van der Waals surface area contributed by atoms with E-state index in [0.29, 0.717) is 11.7 Å². The van der Waals surface area contributed by atoms with Gasteiger partial charge >= 0.3 is 0 Å². The molecule has 27 heavy (non-hydrogen) atoms. The fourth-order valence-electron chi connectivity index (χ4n) is 2.84. The lowest BCUT2D eigenvalue weighted by molar-refractivity contribution is 0.411. The van der Waals surface area contributed by atoms with Gasteiger partial charge in [-0.1, -0.05) is 29.4 Å². The molecule has 7 heteroatoms. The third-order valence-electron chi connectivity index (χ3n) is 4.14. The predicted octanol–water partition coefficient (Wildman–Crippen LogP) is 5.68. The number of rotatable bonds is 4. The van der Waals surface area contributed by atoms with Crippen molar-refractivity contribution in [1.82, 2.24) is 19.9 Å². The van der Waals surface area contributed by atoms with Gasteiger partial charge in [0.1, 0.15) is 4.83 Å². The molecule has 0 saturated heterocycles. The number of thiophene rings is 2. The van der Waals surface area contributed by atoms with Crippen LogP contribution in [-0.4, -0.2) is 19.9 Å². The van der Waals surface area contributed by atoms with Crippen molar-refractivity contribution in [2.24, 2.45) is 0 Å². The second-order valence-electron chi connectivity index (χ2n) is 5.97. The van der Waals surface area contributed by atoms with E-state index >= 15 is 0 Å². The van der Waals surface area contributed by atoms with Gasteiger partial charge in [0.05, 0.1) is 16.3 Å².